The maximum atomic E-state index is 5.93. The first kappa shape index (κ1) is 9.87. The minimum atomic E-state index is 0.514. The molecule has 2 nitrogen and oxygen atoms in total. The summed E-state index contributed by atoms with van der Waals surface area (Å²) in [4.78, 5) is 8.10. The van der Waals surface area contributed by atoms with Crippen LogP contribution in [0.5, 0.6) is 0 Å². The molecule has 0 N–H and O–H groups in total. The average Bonchev–Trinajstić information content (AvgIpc) is 2.18. The molecular formula is C10H8BrClN2. The van der Waals surface area contributed by atoms with Crippen molar-refractivity contribution in [3.8, 4) is 0 Å². The maximum Gasteiger partial charge on any atom is 0.140 e. The lowest BCUT2D eigenvalue weighted by atomic mass is 10.1. The van der Waals surface area contributed by atoms with Crippen LogP contribution < -0.4 is 0 Å². The van der Waals surface area contributed by atoms with Gasteiger partial charge in [0.15, 0.2) is 0 Å². The first-order valence-corrected chi connectivity index (χ1v) is 5.76. The van der Waals surface area contributed by atoms with Crippen molar-refractivity contribution in [2.45, 2.75) is 6.42 Å². The van der Waals surface area contributed by atoms with Crippen LogP contribution in [0.1, 0.15) is 5.56 Å². The molecular weight excluding hydrogens is 263 g/mol. The van der Waals surface area contributed by atoms with Crippen molar-refractivity contribution >= 4 is 38.4 Å². The highest BCUT2D eigenvalue weighted by atomic mass is 79.9. The standard InChI is InChI=1S/C10H8BrClN2/c11-4-3-7-1-2-8-9(5-7)13-6-14-10(8)12/h1-2,5-6H,3-4H2. The van der Waals surface area contributed by atoms with Crippen molar-refractivity contribution in [3.05, 3.63) is 35.2 Å². The van der Waals surface area contributed by atoms with Gasteiger partial charge in [-0.3, -0.25) is 0 Å². The molecule has 14 heavy (non-hydrogen) atoms. The minimum Gasteiger partial charge on any atom is -0.236 e. The van der Waals surface area contributed by atoms with E-state index >= 15 is 0 Å². The molecule has 0 atom stereocenters. The van der Waals surface area contributed by atoms with Gasteiger partial charge in [-0.05, 0) is 24.1 Å². The van der Waals surface area contributed by atoms with Gasteiger partial charge in [0.25, 0.3) is 0 Å². The minimum absolute atomic E-state index is 0.514. The molecule has 0 radical (unpaired) electrons. The fourth-order valence-electron chi connectivity index (χ4n) is 1.33. The van der Waals surface area contributed by atoms with Crippen molar-refractivity contribution < 1.29 is 0 Å². The van der Waals surface area contributed by atoms with Gasteiger partial charge in [0, 0.05) is 10.7 Å². The fraction of sp³-hybridized carbons (Fsp3) is 0.200. The van der Waals surface area contributed by atoms with Gasteiger partial charge in [0.2, 0.25) is 0 Å². The van der Waals surface area contributed by atoms with Gasteiger partial charge in [-0.15, -0.1) is 0 Å². The molecule has 2 rings (SSSR count). The fourth-order valence-corrected chi connectivity index (χ4v) is 2.00. The smallest absolute Gasteiger partial charge is 0.140 e. The normalized spacial score (nSPS) is 10.7. The first-order chi connectivity index (χ1) is 6.81. The number of alkyl halides is 1. The number of nitrogens with zero attached hydrogens (tertiary/aromatic N) is 2. The number of halogens is 2. The van der Waals surface area contributed by atoms with E-state index < -0.39 is 0 Å². The summed E-state index contributed by atoms with van der Waals surface area (Å²) in [5.41, 5.74) is 2.16. The summed E-state index contributed by atoms with van der Waals surface area (Å²) in [5, 5.41) is 2.38. The first-order valence-electron chi connectivity index (χ1n) is 4.26. The average molecular weight is 272 g/mol. The number of fused-ring (bicyclic) bond motifs is 1. The number of rotatable bonds is 2. The Balaban J connectivity index is 2.56. The quantitative estimate of drug-likeness (QED) is 0.619. The van der Waals surface area contributed by atoms with Crippen LogP contribution >= 0.6 is 27.5 Å². The molecule has 0 aliphatic rings. The van der Waals surface area contributed by atoms with Gasteiger partial charge in [0.1, 0.15) is 11.5 Å². The van der Waals surface area contributed by atoms with E-state index in [1.807, 2.05) is 12.1 Å². The van der Waals surface area contributed by atoms with E-state index in [1.165, 1.54) is 11.9 Å². The van der Waals surface area contributed by atoms with Crippen LogP contribution in [0.4, 0.5) is 0 Å². The molecule has 4 heteroatoms. The highest BCUT2D eigenvalue weighted by molar-refractivity contribution is 9.09. The van der Waals surface area contributed by atoms with Gasteiger partial charge >= 0.3 is 0 Å². The molecule has 0 aliphatic heterocycles. The zero-order chi connectivity index (χ0) is 9.97. The number of aryl methyl sites for hydroxylation is 1. The monoisotopic (exact) mass is 270 g/mol. The molecule has 1 aromatic heterocycles. The van der Waals surface area contributed by atoms with E-state index in [0.29, 0.717) is 5.15 Å². The third kappa shape index (κ3) is 1.88. The molecule has 1 heterocycles. The third-order valence-corrected chi connectivity index (χ3v) is 2.73. The second kappa shape index (κ2) is 4.24. The Morgan fingerprint density at radius 3 is 2.93 bits per heavy atom. The van der Waals surface area contributed by atoms with E-state index in [9.17, 15) is 0 Å². The summed E-state index contributed by atoms with van der Waals surface area (Å²) in [6, 6.07) is 6.07. The largest absolute Gasteiger partial charge is 0.236 e. The Labute approximate surface area is 95.5 Å². The van der Waals surface area contributed by atoms with Crippen molar-refractivity contribution in [2.75, 3.05) is 5.33 Å². The third-order valence-electron chi connectivity index (χ3n) is 2.04. The second-order valence-electron chi connectivity index (χ2n) is 2.95. The number of hydrogen-bond acceptors (Lipinski definition) is 2. The lowest BCUT2D eigenvalue weighted by Crippen LogP contribution is -1.88. The van der Waals surface area contributed by atoms with Crippen LogP contribution in [0, 0.1) is 0 Å². The lowest BCUT2D eigenvalue weighted by Gasteiger charge is -2.01. The van der Waals surface area contributed by atoms with E-state index in [-0.39, 0.29) is 0 Å². The summed E-state index contributed by atoms with van der Waals surface area (Å²) in [5.74, 6) is 0. The van der Waals surface area contributed by atoms with Crippen molar-refractivity contribution in [1.82, 2.24) is 9.97 Å². The topological polar surface area (TPSA) is 25.8 Å². The summed E-state index contributed by atoms with van der Waals surface area (Å²) in [6.07, 6.45) is 2.49. The summed E-state index contributed by atoms with van der Waals surface area (Å²) in [6.45, 7) is 0. The highest BCUT2D eigenvalue weighted by Gasteiger charge is 2.01. The molecule has 1 aromatic carbocycles. The molecule has 0 saturated heterocycles. The Morgan fingerprint density at radius 2 is 2.14 bits per heavy atom. The number of benzene rings is 1. The Kier molecular flexibility index (Phi) is 2.99. The van der Waals surface area contributed by atoms with E-state index in [1.54, 1.807) is 0 Å². The number of aromatic nitrogens is 2. The molecule has 0 unspecified atom stereocenters. The van der Waals surface area contributed by atoms with Crippen LogP contribution in [0.25, 0.3) is 10.9 Å². The van der Waals surface area contributed by atoms with E-state index in [4.69, 9.17) is 11.6 Å². The SMILES string of the molecule is Clc1ncnc2cc(CCBr)ccc12. The van der Waals surface area contributed by atoms with Gasteiger partial charge in [-0.2, -0.15) is 0 Å². The highest BCUT2D eigenvalue weighted by Crippen LogP contribution is 2.20. The molecule has 0 fully saturated rings. The van der Waals surface area contributed by atoms with Crippen molar-refractivity contribution in [1.29, 1.82) is 0 Å². The van der Waals surface area contributed by atoms with Crippen molar-refractivity contribution in [3.63, 3.8) is 0 Å². The second-order valence-corrected chi connectivity index (χ2v) is 4.11. The Hall–Kier alpha value is -0.670. The zero-order valence-corrected chi connectivity index (χ0v) is 9.72. The summed E-state index contributed by atoms with van der Waals surface area (Å²) < 4.78 is 0. The predicted octanol–water partition coefficient (Wildman–Crippen LogP) is 3.22. The van der Waals surface area contributed by atoms with Crippen LogP contribution in [0.2, 0.25) is 5.15 Å². The van der Waals surface area contributed by atoms with Gasteiger partial charge < -0.3 is 0 Å². The molecule has 0 bridgehead atoms. The van der Waals surface area contributed by atoms with Crippen LogP contribution in [-0.2, 0) is 6.42 Å². The maximum absolute atomic E-state index is 5.93. The van der Waals surface area contributed by atoms with Crippen LogP contribution in [0.15, 0.2) is 24.5 Å². The molecule has 72 valence electrons. The molecule has 0 aliphatic carbocycles. The van der Waals surface area contributed by atoms with Crippen LogP contribution in [0.3, 0.4) is 0 Å². The van der Waals surface area contributed by atoms with Crippen LogP contribution in [-0.4, -0.2) is 15.3 Å². The van der Waals surface area contributed by atoms with Crippen molar-refractivity contribution in [2.24, 2.45) is 0 Å². The Morgan fingerprint density at radius 1 is 1.29 bits per heavy atom. The zero-order valence-electron chi connectivity index (χ0n) is 7.37. The molecule has 0 saturated carbocycles. The molecule has 0 spiro atoms. The lowest BCUT2D eigenvalue weighted by molar-refractivity contribution is 1.16. The summed E-state index contributed by atoms with van der Waals surface area (Å²) >= 11 is 9.33. The molecule has 0 amide bonds. The number of hydrogen-bond donors (Lipinski definition) is 0. The van der Waals surface area contributed by atoms with Gasteiger partial charge in [-0.25, -0.2) is 9.97 Å². The molecule has 2 aromatic rings. The van der Waals surface area contributed by atoms with E-state index in [0.717, 1.165) is 22.7 Å². The van der Waals surface area contributed by atoms with E-state index in [2.05, 4.69) is 32.0 Å². The van der Waals surface area contributed by atoms with Gasteiger partial charge in [0.05, 0.1) is 5.52 Å². The summed E-state index contributed by atoms with van der Waals surface area (Å²) in [7, 11) is 0. The Bertz CT molecular complexity index is 459. The predicted molar refractivity (Wildman–Crippen MR) is 62.0 cm³/mol. The van der Waals surface area contributed by atoms with Gasteiger partial charge in [-0.1, -0.05) is 33.6 Å².